The van der Waals surface area contributed by atoms with Crippen molar-refractivity contribution in [2.45, 2.75) is 32.6 Å². The number of nitrogens with one attached hydrogen (secondary N) is 1. The maximum absolute atomic E-state index is 11.3. The molecule has 2 aromatic rings. The van der Waals surface area contributed by atoms with Crippen LogP contribution in [0.2, 0.25) is 0 Å². The molecule has 1 atom stereocenters. The molecule has 1 N–H and O–H groups in total. The monoisotopic (exact) mass is 318 g/mol. The quantitative estimate of drug-likeness (QED) is 0.858. The molecule has 0 aliphatic carbocycles. The van der Waals surface area contributed by atoms with Crippen LogP contribution >= 0.6 is 0 Å². The van der Waals surface area contributed by atoms with E-state index < -0.39 is 11.8 Å². The van der Waals surface area contributed by atoms with E-state index in [0.29, 0.717) is 13.2 Å². The largest absolute Gasteiger partial charge is 0.457 e. The van der Waals surface area contributed by atoms with E-state index >= 15 is 0 Å². The average molecular weight is 318 g/mol. The van der Waals surface area contributed by atoms with Crippen LogP contribution in [0.5, 0.6) is 0 Å². The Morgan fingerprint density at radius 2 is 2.00 bits per heavy atom. The van der Waals surface area contributed by atoms with Crippen LogP contribution in [0.4, 0.5) is 0 Å². The summed E-state index contributed by atoms with van der Waals surface area (Å²) in [7, 11) is 0. The lowest BCUT2D eigenvalue weighted by Crippen LogP contribution is -2.38. The van der Waals surface area contributed by atoms with E-state index in [-0.39, 0.29) is 5.97 Å². The third-order valence-corrected chi connectivity index (χ3v) is 2.84. The summed E-state index contributed by atoms with van der Waals surface area (Å²) in [6, 6.07) is 11.8. The minimum absolute atomic E-state index is 0.333. The molecular weight excluding hydrogens is 296 g/mol. The highest BCUT2D eigenvalue weighted by molar-refractivity contribution is 5.74. The summed E-state index contributed by atoms with van der Waals surface area (Å²) in [5.74, 6) is -0.333. The third-order valence-electron chi connectivity index (χ3n) is 2.84. The molecule has 1 aliphatic rings. The molecule has 0 saturated carbocycles. The molecule has 1 aromatic carbocycles. The van der Waals surface area contributed by atoms with Gasteiger partial charge in [-0.25, -0.2) is 4.79 Å². The van der Waals surface area contributed by atoms with E-state index in [9.17, 15) is 4.79 Å². The normalized spacial score (nSPS) is 17.3. The van der Waals surface area contributed by atoms with Gasteiger partial charge in [0.25, 0.3) is 0 Å². The van der Waals surface area contributed by atoms with E-state index in [4.69, 9.17) is 14.0 Å². The standard InChI is InChI=1S/C9H7NO.C8H15NO3/c1-2-4-8(5-3-1)9-6-7-11-10-9;1-8(2,3)12-7(10)6-9-4-5-11-6/h1-7H;6,9H,4-5H2,1-3H3. The first-order chi connectivity index (χ1) is 11.0. The Morgan fingerprint density at radius 1 is 1.26 bits per heavy atom. The van der Waals surface area contributed by atoms with E-state index in [2.05, 4.69) is 10.5 Å². The summed E-state index contributed by atoms with van der Waals surface area (Å²) < 4.78 is 14.9. The van der Waals surface area contributed by atoms with Gasteiger partial charge in [0.1, 0.15) is 17.6 Å². The topological polar surface area (TPSA) is 73.6 Å². The zero-order chi connectivity index (χ0) is 16.7. The summed E-state index contributed by atoms with van der Waals surface area (Å²) in [5, 5.41) is 6.69. The number of ether oxygens (including phenoxy) is 2. The Morgan fingerprint density at radius 3 is 2.52 bits per heavy atom. The maximum atomic E-state index is 11.3. The van der Waals surface area contributed by atoms with Gasteiger partial charge < -0.3 is 14.0 Å². The lowest BCUT2D eigenvalue weighted by molar-refractivity contribution is -0.166. The Hall–Kier alpha value is -2.18. The minimum atomic E-state index is -0.566. The molecule has 1 aromatic heterocycles. The van der Waals surface area contributed by atoms with E-state index in [1.54, 1.807) is 6.26 Å². The van der Waals surface area contributed by atoms with Crippen LogP contribution in [-0.4, -0.2) is 36.1 Å². The van der Waals surface area contributed by atoms with Crippen LogP contribution in [0.15, 0.2) is 47.2 Å². The summed E-state index contributed by atoms with van der Waals surface area (Å²) in [5.41, 5.74) is 1.52. The number of hydrogen-bond donors (Lipinski definition) is 1. The van der Waals surface area contributed by atoms with Gasteiger partial charge in [0.15, 0.2) is 0 Å². The van der Waals surface area contributed by atoms with E-state index in [1.165, 1.54) is 0 Å². The first kappa shape index (κ1) is 17.2. The van der Waals surface area contributed by atoms with Crippen LogP contribution in [-0.2, 0) is 14.3 Å². The molecular formula is C17H22N2O4. The fraction of sp³-hybridized carbons (Fsp3) is 0.412. The van der Waals surface area contributed by atoms with Crippen LogP contribution in [0, 0.1) is 0 Å². The van der Waals surface area contributed by atoms with Crippen molar-refractivity contribution in [2.75, 3.05) is 13.2 Å². The third kappa shape index (κ3) is 5.84. The fourth-order valence-corrected chi connectivity index (χ4v) is 1.90. The van der Waals surface area contributed by atoms with Gasteiger partial charge in [-0.05, 0) is 20.8 Å². The van der Waals surface area contributed by atoms with Crippen LogP contribution in [0.3, 0.4) is 0 Å². The Kier molecular flexibility index (Phi) is 5.90. The van der Waals surface area contributed by atoms with Crippen LogP contribution in [0.25, 0.3) is 11.3 Å². The number of carbonyl (C=O) groups excluding carboxylic acids is 1. The number of aromatic nitrogens is 1. The van der Waals surface area contributed by atoms with Gasteiger partial charge >= 0.3 is 5.97 Å². The van der Waals surface area contributed by atoms with Crippen molar-refractivity contribution in [3.05, 3.63) is 42.7 Å². The molecule has 124 valence electrons. The molecule has 1 saturated heterocycles. The number of esters is 1. The van der Waals surface area contributed by atoms with Gasteiger partial charge in [0.05, 0.1) is 6.61 Å². The van der Waals surface area contributed by atoms with Crippen molar-refractivity contribution in [1.29, 1.82) is 0 Å². The summed E-state index contributed by atoms with van der Waals surface area (Å²) in [6.45, 7) is 6.79. The predicted molar refractivity (Wildman–Crippen MR) is 85.5 cm³/mol. The Bertz CT molecular complexity index is 585. The molecule has 23 heavy (non-hydrogen) atoms. The summed E-state index contributed by atoms with van der Waals surface area (Å²) in [6.07, 6.45) is 1.01. The highest BCUT2D eigenvalue weighted by Crippen LogP contribution is 2.15. The minimum Gasteiger partial charge on any atom is -0.457 e. The molecule has 0 amide bonds. The summed E-state index contributed by atoms with van der Waals surface area (Å²) >= 11 is 0. The van der Waals surface area contributed by atoms with Gasteiger partial charge in [-0.3, -0.25) is 5.32 Å². The molecule has 6 heteroatoms. The highest BCUT2D eigenvalue weighted by atomic mass is 16.6. The van der Waals surface area contributed by atoms with Gasteiger partial charge in [-0.2, -0.15) is 0 Å². The molecule has 1 aliphatic heterocycles. The number of carbonyl (C=O) groups is 1. The average Bonchev–Trinajstić information content (AvgIpc) is 3.21. The van der Waals surface area contributed by atoms with Crippen molar-refractivity contribution in [1.82, 2.24) is 10.5 Å². The highest BCUT2D eigenvalue weighted by Gasteiger charge is 2.28. The van der Waals surface area contributed by atoms with E-state index in [1.807, 2.05) is 57.2 Å². The van der Waals surface area contributed by atoms with Crippen molar-refractivity contribution in [3.8, 4) is 11.3 Å². The second-order valence-corrected chi connectivity index (χ2v) is 5.99. The van der Waals surface area contributed by atoms with Gasteiger partial charge in [-0.15, -0.1) is 0 Å². The number of rotatable bonds is 2. The predicted octanol–water partition coefficient (Wildman–Crippen LogP) is 2.62. The zero-order valence-electron chi connectivity index (χ0n) is 13.6. The van der Waals surface area contributed by atoms with Crippen molar-refractivity contribution in [3.63, 3.8) is 0 Å². The zero-order valence-corrected chi connectivity index (χ0v) is 13.6. The Labute approximate surface area is 135 Å². The van der Waals surface area contributed by atoms with Gasteiger partial charge in [-0.1, -0.05) is 35.5 Å². The van der Waals surface area contributed by atoms with Crippen molar-refractivity contribution < 1.29 is 18.8 Å². The first-order valence-electron chi connectivity index (χ1n) is 7.49. The van der Waals surface area contributed by atoms with Crippen LogP contribution in [0.1, 0.15) is 20.8 Å². The summed E-state index contributed by atoms with van der Waals surface area (Å²) in [4.78, 5) is 11.3. The molecule has 3 rings (SSSR count). The molecule has 1 unspecified atom stereocenters. The SMILES string of the molecule is CC(C)(C)OC(=O)C1NCCO1.c1ccc(-c2ccon2)cc1. The number of nitrogens with zero attached hydrogens (tertiary/aromatic N) is 1. The first-order valence-corrected chi connectivity index (χ1v) is 7.49. The second kappa shape index (κ2) is 7.89. The van der Waals surface area contributed by atoms with Gasteiger partial charge in [0.2, 0.25) is 6.23 Å². The lowest BCUT2D eigenvalue weighted by atomic mass is 10.2. The van der Waals surface area contributed by atoms with Crippen molar-refractivity contribution >= 4 is 5.97 Å². The molecule has 6 nitrogen and oxygen atoms in total. The van der Waals surface area contributed by atoms with Crippen LogP contribution < -0.4 is 5.32 Å². The van der Waals surface area contributed by atoms with E-state index in [0.717, 1.165) is 11.3 Å². The molecule has 0 radical (unpaired) electrons. The second-order valence-electron chi connectivity index (χ2n) is 5.99. The fourth-order valence-electron chi connectivity index (χ4n) is 1.90. The van der Waals surface area contributed by atoms with Crippen molar-refractivity contribution in [2.24, 2.45) is 0 Å². The maximum Gasteiger partial charge on any atom is 0.351 e. The molecule has 0 bridgehead atoms. The molecule has 2 heterocycles. The molecule has 1 fully saturated rings. The lowest BCUT2D eigenvalue weighted by Gasteiger charge is -2.21. The van der Waals surface area contributed by atoms with Gasteiger partial charge in [0, 0.05) is 18.2 Å². The Balaban J connectivity index is 0.000000167. The molecule has 0 spiro atoms. The number of hydrogen-bond acceptors (Lipinski definition) is 6. The smallest absolute Gasteiger partial charge is 0.351 e. The number of benzene rings is 1.